The van der Waals surface area contributed by atoms with E-state index in [1.807, 2.05) is 30.1 Å². The van der Waals surface area contributed by atoms with Crippen LogP contribution in [0, 0.1) is 0 Å². The van der Waals surface area contributed by atoms with Crippen molar-refractivity contribution in [2.24, 2.45) is 0 Å². The summed E-state index contributed by atoms with van der Waals surface area (Å²) in [5, 5.41) is 32.4. The van der Waals surface area contributed by atoms with Crippen molar-refractivity contribution in [3.63, 3.8) is 0 Å². The Morgan fingerprint density at radius 3 is 2.11 bits per heavy atom. The molecule has 3 unspecified atom stereocenters. The second kappa shape index (κ2) is 9.62. The summed E-state index contributed by atoms with van der Waals surface area (Å²) in [7, 11) is 0.266. The maximum absolute atomic E-state index is 11.0. The van der Waals surface area contributed by atoms with Gasteiger partial charge in [-0.05, 0) is 17.6 Å². The highest BCUT2D eigenvalue weighted by Gasteiger charge is 2.32. The van der Waals surface area contributed by atoms with E-state index in [9.17, 15) is 10.2 Å². The zero-order valence-corrected chi connectivity index (χ0v) is 18.0. The second-order valence-corrected chi connectivity index (χ2v) is 12.3. The van der Waals surface area contributed by atoms with E-state index in [1.54, 1.807) is 0 Å². The zero-order chi connectivity index (χ0) is 20.0. The number of nitrogens with zero attached hydrogens (tertiary/aromatic N) is 1. The highest BCUT2D eigenvalue weighted by Crippen LogP contribution is 2.28. The number of benzene rings is 2. The molecule has 0 bridgehead atoms. The maximum Gasteiger partial charge on any atom is 0.108 e. The Kier molecular flexibility index (Phi) is 7.76. The second-order valence-electron chi connectivity index (χ2n) is 8.41. The van der Waals surface area contributed by atoms with Gasteiger partial charge in [-0.3, -0.25) is 0 Å². The van der Waals surface area contributed by atoms with Gasteiger partial charge in [-0.2, -0.15) is 0 Å². The molecule has 0 fully saturated rings. The van der Waals surface area contributed by atoms with E-state index in [0.29, 0.717) is 13.1 Å². The molecule has 0 spiro atoms. The summed E-state index contributed by atoms with van der Waals surface area (Å²) in [6.07, 6.45) is -1.43. The van der Waals surface area contributed by atoms with Gasteiger partial charge >= 0.3 is 0 Å². The van der Waals surface area contributed by atoms with Gasteiger partial charge in [0, 0.05) is 13.1 Å². The Balaban J connectivity index is 2.35. The largest absolute Gasteiger partial charge is 0.394 e. The van der Waals surface area contributed by atoms with Crippen LogP contribution in [-0.4, -0.2) is 61.9 Å². The third-order valence-electron chi connectivity index (χ3n) is 4.88. The van der Waals surface area contributed by atoms with Gasteiger partial charge in [-0.1, -0.05) is 85.7 Å². The lowest BCUT2D eigenvalue weighted by Gasteiger charge is -2.33. The van der Waals surface area contributed by atoms with Crippen LogP contribution in [0.5, 0.6) is 0 Å². The average molecular weight is 388 g/mol. The van der Waals surface area contributed by atoms with Crippen LogP contribution in [0.25, 0.3) is 0 Å². The smallest absolute Gasteiger partial charge is 0.108 e. The Morgan fingerprint density at radius 2 is 1.52 bits per heavy atom. The molecular weight excluding hydrogens is 354 g/mol. The first-order valence-corrected chi connectivity index (χ1v) is 11.3. The predicted octanol–water partition coefficient (Wildman–Crippen LogP) is 1.15. The molecule has 0 aromatic heterocycles. The summed E-state index contributed by atoms with van der Waals surface area (Å²) < 4.78 is 0. The number of rotatable bonds is 8. The van der Waals surface area contributed by atoms with Crippen molar-refractivity contribution in [1.82, 2.24) is 4.90 Å². The number of aliphatic hydroxyl groups excluding tert-OH is 3. The minimum absolute atomic E-state index is 0.121. The normalized spacial score (nSPS) is 15.6. The molecule has 0 aliphatic carbocycles. The van der Waals surface area contributed by atoms with Crippen molar-refractivity contribution in [2.45, 2.75) is 38.0 Å². The van der Waals surface area contributed by atoms with Crippen molar-refractivity contribution in [2.75, 3.05) is 26.7 Å². The van der Waals surface area contributed by atoms with Crippen LogP contribution >= 0.6 is 0 Å². The fraction of sp³-hybridized carbons (Fsp3) is 0.455. The summed E-state index contributed by atoms with van der Waals surface area (Å²) in [6.45, 7) is 7.31. The number of likely N-dealkylation sites (N-methyl/N-ethyl adjacent to an activating group) is 1. The van der Waals surface area contributed by atoms with Gasteiger partial charge in [-0.25, -0.2) is 0 Å². The number of hydrogen-bond acceptors (Lipinski definition) is 4. The van der Waals surface area contributed by atoms with Crippen molar-refractivity contribution in [1.29, 1.82) is 0 Å². The zero-order valence-electron chi connectivity index (χ0n) is 16.8. The summed E-state index contributed by atoms with van der Waals surface area (Å²) >= 11 is 0. The summed E-state index contributed by atoms with van der Waals surface area (Å²) in [4.78, 5) is 1.86. The predicted molar refractivity (Wildman–Crippen MR) is 115 cm³/mol. The molecule has 0 amide bonds. The van der Waals surface area contributed by atoms with Crippen LogP contribution in [0.3, 0.4) is 0 Å². The quantitative estimate of drug-likeness (QED) is 0.595. The monoisotopic (exact) mass is 387 g/mol. The molecule has 2 rings (SSSR count). The Hall–Kier alpha value is -1.50. The summed E-state index contributed by atoms with van der Waals surface area (Å²) in [5.41, 5.74) is 0.971. The molecule has 0 saturated heterocycles. The fourth-order valence-electron chi connectivity index (χ4n) is 3.75. The lowest BCUT2D eigenvalue weighted by Crippen LogP contribution is -2.51. The minimum atomic E-state index is -1.58. The first kappa shape index (κ1) is 21.8. The molecule has 0 heterocycles. The molecule has 2 aromatic carbocycles. The average Bonchev–Trinajstić information content (AvgIpc) is 2.61. The van der Waals surface area contributed by atoms with Crippen molar-refractivity contribution in [3.05, 3.63) is 60.2 Å². The molecule has 3 N–H and O–H groups in total. The molecule has 0 saturated carbocycles. The maximum atomic E-state index is 11.0. The number of hydrogen-bond donors (Lipinski definition) is 3. The van der Waals surface area contributed by atoms with E-state index >= 15 is 0 Å². The first-order chi connectivity index (χ1) is 12.7. The van der Waals surface area contributed by atoms with Crippen molar-refractivity contribution >= 4 is 19.2 Å². The molecular formula is C22H33NO3Si. The van der Waals surface area contributed by atoms with Gasteiger partial charge in [0.25, 0.3) is 0 Å². The molecule has 0 aliphatic rings. The van der Waals surface area contributed by atoms with E-state index in [2.05, 4.69) is 57.2 Å². The molecule has 2 aromatic rings. The van der Waals surface area contributed by atoms with Crippen LogP contribution in [0.1, 0.15) is 32.4 Å². The van der Waals surface area contributed by atoms with Gasteiger partial charge in [0.2, 0.25) is 0 Å². The molecule has 5 heteroatoms. The van der Waals surface area contributed by atoms with E-state index < -0.39 is 21.0 Å². The van der Waals surface area contributed by atoms with Gasteiger partial charge < -0.3 is 20.2 Å². The third-order valence-corrected chi connectivity index (χ3v) is 8.81. The molecule has 0 radical (unpaired) electrons. The Labute approximate surface area is 164 Å². The third kappa shape index (κ3) is 5.99. The van der Waals surface area contributed by atoms with Gasteiger partial charge in [-0.15, -0.1) is 0 Å². The highest BCUT2D eigenvalue weighted by molar-refractivity contribution is 6.87. The van der Waals surface area contributed by atoms with Crippen molar-refractivity contribution < 1.29 is 15.3 Å². The molecule has 0 aliphatic heterocycles. The first-order valence-electron chi connectivity index (χ1n) is 9.53. The van der Waals surface area contributed by atoms with Crippen LogP contribution in [0.4, 0.5) is 0 Å². The van der Waals surface area contributed by atoms with E-state index in [4.69, 9.17) is 5.11 Å². The van der Waals surface area contributed by atoms with Gasteiger partial charge in [0.15, 0.2) is 0 Å². The molecule has 4 nitrogen and oxygen atoms in total. The van der Waals surface area contributed by atoms with E-state index in [-0.39, 0.29) is 11.6 Å². The summed E-state index contributed by atoms with van der Waals surface area (Å²) in [6, 6.07) is 18.8. The van der Waals surface area contributed by atoms with Crippen LogP contribution in [-0.2, 0) is 0 Å². The topological polar surface area (TPSA) is 63.9 Å². The molecule has 27 heavy (non-hydrogen) atoms. The van der Waals surface area contributed by atoms with E-state index in [1.165, 1.54) is 10.4 Å². The number of aliphatic hydroxyl groups is 3. The lowest BCUT2D eigenvalue weighted by atomic mass is 10.1. The lowest BCUT2D eigenvalue weighted by molar-refractivity contribution is 0.0492. The van der Waals surface area contributed by atoms with Crippen LogP contribution in [0.2, 0.25) is 5.04 Å². The van der Waals surface area contributed by atoms with Crippen LogP contribution in [0.15, 0.2) is 54.6 Å². The van der Waals surface area contributed by atoms with Gasteiger partial charge in [0.1, 0.15) is 8.80 Å². The van der Waals surface area contributed by atoms with Gasteiger partial charge in [0.05, 0.1) is 18.8 Å². The molecule has 148 valence electrons. The minimum Gasteiger partial charge on any atom is -0.394 e. The Morgan fingerprint density at radius 1 is 0.926 bits per heavy atom. The standard InChI is InChI=1S/C22H33NO3Si/c1-22(2,3)27(18-10-6-5-7-11-18)21-13-9-8-12-19(21)20(26)15-23(4)14-17(25)16-24/h5-13,17,20,24-27H,14-16H2,1-4H3. The highest BCUT2D eigenvalue weighted by atomic mass is 28.3. The van der Waals surface area contributed by atoms with Crippen molar-refractivity contribution in [3.8, 4) is 0 Å². The van der Waals surface area contributed by atoms with E-state index in [0.717, 1.165) is 5.56 Å². The van der Waals surface area contributed by atoms with Crippen LogP contribution < -0.4 is 10.4 Å². The summed E-state index contributed by atoms with van der Waals surface area (Å²) in [5.74, 6) is 0. The molecule has 3 atom stereocenters. The SMILES string of the molecule is CN(CC(O)CO)CC(O)c1ccccc1[SiH](c1ccccc1)C(C)(C)C. The fourth-order valence-corrected chi connectivity index (χ4v) is 7.58. The Bertz CT molecular complexity index is 702.